The molecule has 0 saturated heterocycles. The monoisotopic (exact) mass is 1810 g/mol. The van der Waals surface area contributed by atoms with Crippen LogP contribution in [0.1, 0.15) is 115 Å². The number of guanidine groups is 1. The van der Waals surface area contributed by atoms with E-state index in [1.807, 2.05) is 31.2 Å². The number of thiophene rings is 2. The maximum absolute atomic E-state index is 13.4. The van der Waals surface area contributed by atoms with Crippen LogP contribution in [0.3, 0.4) is 0 Å². The number of aliphatic imine (C=N–C) groups is 1. The summed E-state index contributed by atoms with van der Waals surface area (Å²) in [4.78, 5) is 141. The number of hydrazine groups is 1. The fraction of sp³-hybridized carbons (Fsp3) is 0.260. The Morgan fingerprint density at radius 1 is 0.564 bits per heavy atom. The number of rotatable bonds is 22. The van der Waals surface area contributed by atoms with Crippen molar-refractivity contribution in [2.24, 2.45) is 4.99 Å². The van der Waals surface area contributed by atoms with Gasteiger partial charge in [-0.05, 0) is 162 Å². The van der Waals surface area contributed by atoms with Crippen molar-refractivity contribution in [1.29, 1.82) is 0 Å². The molecule has 3 aliphatic heterocycles. The lowest BCUT2D eigenvalue weighted by Crippen LogP contribution is -2.48. The Morgan fingerprint density at radius 2 is 1.07 bits per heavy atom. The second-order valence-corrected chi connectivity index (χ2v) is 35.9. The molecule has 10 N–H and O–H groups in total. The number of carboxylic acids is 3. The standard InChI is InChI=1S/C29H25Cl2N3O6S.C24H27Cl3N6O6S.C24H21Cl2N3O5S2/c1-41(39,40)18-5-2-4-16(12-18)13-24(29(37)38)33-27(35)25-22(30)14-17-15-34(11-9-19(17)26(25)31)28(36)21-6-3-7-23-20(21)8-10-32-23;1-32(2)30-24(31-40(3,38)39)28-11-18(23(36)37)29-21(34)19-17(26)10-14-12-33(9-8-16(14)20(19)27)22(35)13-4-6-15(25)7-5-13;1-12-4-5-18(36-12)23(32)29-7-6-14-13(11-29)9-15(25)19(20(14)26)22(31)28-16(24(33)34)10-27-21(30)17-3-2-8-35-17/h2-8,10,12,14,24,32H,9,11,13,15H2,1H3,(H,33,35)(H,37,38);4-7,10,18H,8-9,11-12H2,1-3H3,(H,29,34)(H,36,37)(H2,28,30,31);2-5,8-9,16H,6-7,10-11H2,1H3,(H,27,30)(H,28,31)(H,33,34)/t24-;18-;16-/m000/s1. The van der Waals surface area contributed by atoms with Gasteiger partial charge < -0.3 is 56.3 Å². The summed E-state index contributed by atoms with van der Waals surface area (Å²) in [6.07, 6.45) is 4.72. The van der Waals surface area contributed by atoms with Crippen LogP contribution in [-0.2, 0) is 79.6 Å². The van der Waals surface area contributed by atoms with Gasteiger partial charge in [-0.1, -0.05) is 105 Å². The Bertz CT molecular complexity index is 5690. The number of sulfonamides is 1. The third-order valence-corrected chi connectivity index (χ3v) is 24.4. The molecule has 3 atom stereocenters. The van der Waals surface area contributed by atoms with Crippen LogP contribution in [0.2, 0.25) is 35.2 Å². The number of aromatic amines is 1. The smallest absolute Gasteiger partial charge is 0.328 e. The summed E-state index contributed by atoms with van der Waals surface area (Å²) in [5.74, 6) is -7.53. The molecule has 0 unspecified atom stereocenters. The zero-order valence-electron chi connectivity index (χ0n) is 62.4. The number of nitrogens with one attached hydrogen (secondary N) is 7. The first-order valence-electron chi connectivity index (χ1n) is 35.2. The summed E-state index contributed by atoms with van der Waals surface area (Å²) in [5.41, 5.74) is 8.78. The van der Waals surface area contributed by atoms with Gasteiger partial charge in [-0.25, -0.2) is 41.2 Å². The summed E-state index contributed by atoms with van der Waals surface area (Å²) in [7, 11) is -4.07. The van der Waals surface area contributed by atoms with E-state index in [1.54, 1.807) is 107 Å². The van der Waals surface area contributed by atoms with Crippen LogP contribution < -0.4 is 31.4 Å². The average molecular weight is 1810 g/mol. The number of halogens is 7. The van der Waals surface area contributed by atoms with E-state index in [2.05, 4.69) is 41.4 Å². The molecule has 3 aliphatic rings. The number of hydrogen-bond acceptors (Lipinski definition) is 18. The maximum Gasteiger partial charge on any atom is 0.328 e. The number of amides is 7. The molecule has 0 fully saturated rings. The Morgan fingerprint density at radius 3 is 1.55 bits per heavy atom. The number of carbonyl (C=O) groups is 10. The van der Waals surface area contributed by atoms with Crippen molar-refractivity contribution in [3.63, 3.8) is 0 Å². The molecule has 616 valence electrons. The average Bonchev–Trinajstić information content (AvgIpc) is 1.45. The first-order valence-corrected chi connectivity index (χ1v) is 43.3. The number of sulfone groups is 1. The van der Waals surface area contributed by atoms with Gasteiger partial charge in [0.1, 0.15) is 18.1 Å². The van der Waals surface area contributed by atoms with Gasteiger partial charge in [0.2, 0.25) is 16.0 Å². The van der Waals surface area contributed by atoms with E-state index >= 15 is 0 Å². The first-order chi connectivity index (χ1) is 55.2. The zero-order chi connectivity index (χ0) is 85.2. The maximum atomic E-state index is 13.4. The molecule has 0 saturated carbocycles. The lowest BCUT2D eigenvalue weighted by Gasteiger charge is -2.30. The molecule has 7 amide bonds. The third-order valence-electron chi connectivity index (χ3n) is 18.5. The Hall–Kier alpha value is -9.88. The Kier molecular flexibility index (Phi) is 29.6. The van der Waals surface area contributed by atoms with Crippen LogP contribution in [0, 0.1) is 6.92 Å². The molecule has 9 aromatic rings. The van der Waals surface area contributed by atoms with E-state index in [4.69, 9.17) is 81.2 Å². The fourth-order valence-electron chi connectivity index (χ4n) is 12.8. The van der Waals surface area contributed by atoms with Gasteiger partial charge in [0, 0.05) is 111 Å². The van der Waals surface area contributed by atoms with Gasteiger partial charge >= 0.3 is 17.9 Å². The van der Waals surface area contributed by atoms with Gasteiger partial charge in [0.05, 0.1) is 74.3 Å². The highest BCUT2D eigenvalue weighted by molar-refractivity contribution is 7.90. The predicted molar refractivity (Wildman–Crippen MR) is 447 cm³/mol. The minimum absolute atomic E-state index is 0.0245. The summed E-state index contributed by atoms with van der Waals surface area (Å²) in [6, 6.07) is 27.1. The van der Waals surface area contributed by atoms with Crippen molar-refractivity contribution < 1.29 is 80.1 Å². The summed E-state index contributed by atoms with van der Waals surface area (Å²) >= 11 is 47.7. The Labute approximate surface area is 713 Å². The van der Waals surface area contributed by atoms with E-state index in [9.17, 15) is 80.1 Å². The minimum Gasteiger partial charge on any atom is -0.480 e. The lowest BCUT2D eigenvalue weighted by atomic mass is 9.95. The predicted octanol–water partition coefficient (Wildman–Crippen LogP) is 10.7. The van der Waals surface area contributed by atoms with Gasteiger partial charge in [-0.3, -0.25) is 43.7 Å². The number of carboxylic acid groups (broad SMARTS) is 3. The molecule has 6 heterocycles. The molecular formula is C77H73Cl7N12O17S4. The molecular weight excluding hydrogens is 1740 g/mol. The number of aliphatic carboxylic acids is 3. The van der Waals surface area contributed by atoms with Crippen LogP contribution >= 0.6 is 104 Å². The summed E-state index contributed by atoms with van der Waals surface area (Å²) in [6.45, 7) is 2.95. The topological polar surface area (TPSA) is 413 Å². The van der Waals surface area contributed by atoms with E-state index in [0.29, 0.717) is 105 Å². The molecule has 0 radical (unpaired) electrons. The fourth-order valence-corrected chi connectivity index (χ4v) is 17.8. The number of fused-ring (bicyclic) bond motifs is 4. The van der Waals surface area contributed by atoms with Crippen LogP contribution in [0.5, 0.6) is 0 Å². The van der Waals surface area contributed by atoms with E-state index < -0.39 is 86.1 Å². The summed E-state index contributed by atoms with van der Waals surface area (Å²) < 4.78 is 49.1. The highest BCUT2D eigenvalue weighted by Crippen LogP contribution is 2.39. The van der Waals surface area contributed by atoms with Gasteiger partial charge in [0.25, 0.3) is 41.4 Å². The normalized spacial score (nSPS) is 14.0. The number of aryl methyl sites for hydroxylation is 1. The van der Waals surface area contributed by atoms with Gasteiger partial charge in [-0.15, -0.1) is 22.7 Å². The number of aromatic nitrogens is 1. The van der Waals surface area contributed by atoms with Gasteiger partial charge in [-0.2, -0.15) is 0 Å². The van der Waals surface area contributed by atoms with Crippen molar-refractivity contribution in [2.45, 2.75) is 75.3 Å². The van der Waals surface area contributed by atoms with Crippen LogP contribution in [0.25, 0.3) is 10.9 Å². The second kappa shape index (κ2) is 38.7. The van der Waals surface area contributed by atoms with Crippen molar-refractivity contribution in [3.8, 4) is 0 Å². The molecule has 12 rings (SSSR count). The second-order valence-electron chi connectivity index (χ2n) is 27.1. The SMILES string of the molecule is CN(C)NC(=NC[C@H](NC(=O)c1c(Cl)cc2c(c1Cl)CCN(C(=O)c1ccc(Cl)cc1)C2)C(=O)O)NS(C)(=O)=O.CS(=O)(=O)c1cccc(C[C@H](NC(=O)c2c(Cl)cc3c(c2Cl)CCN(C(=O)c2cccc4[nH]ccc24)C3)C(=O)O)c1.Cc1ccc(C(=O)N2CCc3c(cc(Cl)c(C(=O)N[C@@H](CNC(=O)c4cccs4)C(=O)O)c3Cl)C2)s1. The minimum atomic E-state index is -3.72. The molecule has 117 heavy (non-hydrogen) atoms. The highest BCUT2D eigenvalue weighted by atomic mass is 35.5. The third kappa shape index (κ3) is 22.5. The first kappa shape index (κ1) is 89.5. The molecule has 0 spiro atoms. The van der Waals surface area contributed by atoms with Gasteiger partial charge in [0.15, 0.2) is 9.84 Å². The van der Waals surface area contributed by atoms with Crippen molar-refractivity contribution in [2.75, 3.05) is 59.3 Å². The number of hydrogen-bond donors (Lipinski definition) is 10. The largest absolute Gasteiger partial charge is 0.480 e. The number of H-pyrrole nitrogens is 1. The molecule has 6 aromatic carbocycles. The number of benzene rings is 6. The van der Waals surface area contributed by atoms with E-state index in [0.717, 1.165) is 33.9 Å². The number of carbonyl (C=O) groups excluding carboxylic acids is 7. The molecule has 3 aromatic heterocycles. The molecule has 0 bridgehead atoms. The van der Waals surface area contributed by atoms with Crippen molar-refractivity contribution in [3.05, 3.63) is 243 Å². The number of nitrogens with zero attached hydrogens (tertiary/aromatic N) is 5. The highest BCUT2D eigenvalue weighted by Gasteiger charge is 2.35. The van der Waals surface area contributed by atoms with Crippen LogP contribution in [0.4, 0.5) is 0 Å². The van der Waals surface area contributed by atoms with E-state index in [1.165, 1.54) is 51.9 Å². The molecule has 40 heteroatoms. The summed E-state index contributed by atoms with van der Waals surface area (Å²) in [5, 5.41) is 43.5. The lowest BCUT2D eigenvalue weighted by molar-refractivity contribution is -0.140. The van der Waals surface area contributed by atoms with Crippen LogP contribution in [-0.4, -0.2) is 200 Å². The van der Waals surface area contributed by atoms with Crippen LogP contribution in [0.15, 0.2) is 137 Å². The van der Waals surface area contributed by atoms with E-state index in [-0.39, 0.29) is 101 Å². The zero-order valence-corrected chi connectivity index (χ0v) is 71.0. The molecule has 0 aliphatic carbocycles. The Balaban J connectivity index is 0.000000185. The molecule has 29 nitrogen and oxygen atoms in total. The van der Waals surface area contributed by atoms with Crippen molar-refractivity contribution in [1.82, 2.24) is 56.1 Å². The quantitative estimate of drug-likeness (QED) is 0.0171. The van der Waals surface area contributed by atoms with Crippen molar-refractivity contribution >= 4 is 200 Å².